The van der Waals surface area contributed by atoms with Crippen molar-refractivity contribution < 1.29 is 28.6 Å². The van der Waals surface area contributed by atoms with Crippen molar-refractivity contribution >= 4 is 17.9 Å². The van der Waals surface area contributed by atoms with Crippen molar-refractivity contribution in [2.45, 2.75) is 309 Å². The lowest BCUT2D eigenvalue weighted by molar-refractivity contribution is -0.167. The minimum atomic E-state index is -0.792. The molecule has 0 spiro atoms. The zero-order chi connectivity index (χ0) is 55.7. The van der Waals surface area contributed by atoms with Gasteiger partial charge in [-0.3, -0.25) is 14.4 Å². The molecule has 77 heavy (non-hydrogen) atoms. The quantitative estimate of drug-likeness (QED) is 0.0261. The Hall–Kier alpha value is -3.93. The van der Waals surface area contributed by atoms with E-state index < -0.39 is 6.10 Å². The maximum atomic E-state index is 12.9. The van der Waals surface area contributed by atoms with Crippen molar-refractivity contribution in [3.8, 4) is 0 Å². The average Bonchev–Trinajstić information content (AvgIpc) is 3.43. The Kier molecular flexibility index (Phi) is 61.3. The molecule has 6 heteroatoms. The van der Waals surface area contributed by atoms with E-state index in [1.165, 1.54) is 128 Å². The topological polar surface area (TPSA) is 78.9 Å². The average molecular weight is 1070 g/mol. The number of carbonyl (C=O) groups is 3. The fourth-order valence-electron chi connectivity index (χ4n) is 8.89. The van der Waals surface area contributed by atoms with E-state index in [2.05, 4.69) is 130 Å². The van der Waals surface area contributed by atoms with E-state index >= 15 is 0 Å². The lowest BCUT2D eigenvalue weighted by atomic mass is 10.1. The SMILES string of the molecule is CC/C=C\C/C=C\C/C=C\C/C=C\C/C=C\CCCCCCCCCCCC(=O)OCC(COC(=O)CCCCCCC/C=C\C/C=C\CCC)OC(=O)CCCCCCCCCCC/C=C\C/C=C\CCCCCCC. The molecule has 0 aliphatic heterocycles. The van der Waals surface area contributed by atoms with E-state index in [1.54, 1.807) is 0 Å². The van der Waals surface area contributed by atoms with E-state index in [-0.39, 0.29) is 31.1 Å². The van der Waals surface area contributed by atoms with Gasteiger partial charge in [0.2, 0.25) is 0 Å². The molecule has 6 nitrogen and oxygen atoms in total. The van der Waals surface area contributed by atoms with Gasteiger partial charge < -0.3 is 14.2 Å². The third-order valence-electron chi connectivity index (χ3n) is 13.7. The van der Waals surface area contributed by atoms with Crippen LogP contribution in [0.2, 0.25) is 0 Å². The van der Waals surface area contributed by atoms with Crippen LogP contribution in [0.1, 0.15) is 303 Å². The molecular weight excluding hydrogens is 949 g/mol. The zero-order valence-corrected chi connectivity index (χ0v) is 50.4. The number of carbonyl (C=O) groups excluding carboxylic acids is 3. The highest BCUT2D eigenvalue weighted by Crippen LogP contribution is 2.16. The lowest BCUT2D eigenvalue weighted by Gasteiger charge is -2.18. The van der Waals surface area contributed by atoms with E-state index in [9.17, 15) is 14.4 Å². The summed E-state index contributed by atoms with van der Waals surface area (Å²) in [5.74, 6) is -0.905. The van der Waals surface area contributed by atoms with Crippen molar-refractivity contribution in [2.24, 2.45) is 0 Å². The smallest absolute Gasteiger partial charge is 0.306 e. The molecule has 0 fully saturated rings. The molecule has 1 unspecified atom stereocenters. The molecular formula is C71H120O6. The van der Waals surface area contributed by atoms with E-state index in [1.807, 2.05) is 0 Å². The van der Waals surface area contributed by atoms with Crippen molar-refractivity contribution in [1.29, 1.82) is 0 Å². The van der Waals surface area contributed by atoms with Crippen LogP contribution in [-0.2, 0) is 28.6 Å². The predicted molar refractivity (Wildman–Crippen MR) is 334 cm³/mol. The highest BCUT2D eigenvalue weighted by atomic mass is 16.6. The van der Waals surface area contributed by atoms with E-state index in [4.69, 9.17) is 14.2 Å². The van der Waals surface area contributed by atoms with Gasteiger partial charge in [-0.25, -0.2) is 0 Å². The van der Waals surface area contributed by atoms with Crippen LogP contribution >= 0.6 is 0 Å². The van der Waals surface area contributed by atoms with Gasteiger partial charge in [-0.05, 0) is 122 Å². The summed E-state index contributed by atoms with van der Waals surface area (Å²) in [7, 11) is 0. The molecule has 0 aromatic rings. The first-order chi connectivity index (χ1) is 38.0. The van der Waals surface area contributed by atoms with Gasteiger partial charge in [-0.2, -0.15) is 0 Å². The number of esters is 3. The molecule has 0 saturated heterocycles. The van der Waals surface area contributed by atoms with E-state index in [0.717, 1.165) is 135 Å². The largest absolute Gasteiger partial charge is 0.462 e. The van der Waals surface area contributed by atoms with Crippen molar-refractivity contribution in [3.63, 3.8) is 0 Å². The van der Waals surface area contributed by atoms with Crippen LogP contribution in [0.15, 0.2) is 109 Å². The van der Waals surface area contributed by atoms with Crippen LogP contribution in [0.4, 0.5) is 0 Å². The van der Waals surface area contributed by atoms with Crippen molar-refractivity contribution in [1.82, 2.24) is 0 Å². The Balaban J connectivity index is 4.35. The van der Waals surface area contributed by atoms with Crippen LogP contribution in [-0.4, -0.2) is 37.2 Å². The first kappa shape index (κ1) is 73.1. The predicted octanol–water partition coefficient (Wildman–Crippen LogP) is 22.2. The fraction of sp³-hybridized carbons (Fsp3) is 0.704. The third kappa shape index (κ3) is 62.8. The third-order valence-corrected chi connectivity index (χ3v) is 13.7. The summed E-state index contributed by atoms with van der Waals surface area (Å²) in [6.07, 6.45) is 88.0. The van der Waals surface area contributed by atoms with Crippen LogP contribution in [0.25, 0.3) is 0 Å². The van der Waals surface area contributed by atoms with E-state index in [0.29, 0.717) is 19.3 Å². The molecule has 0 bridgehead atoms. The first-order valence-electron chi connectivity index (χ1n) is 32.4. The maximum absolute atomic E-state index is 12.9. The molecule has 0 amide bonds. The molecule has 0 aromatic heterocycles. The molecule has 1 atom stereocenters. The molecule has 0 aliphatic rings. The fourth-order valence-corrected chi connectivity index (χ4v) is 8.89. The van der Waals surface area contributed by atoms with Crippen molar-refractivity contribution in [3.05, 3.63) is 109 Å². The van der Waals surface area contributed by atoms with Crippen LogP contribution in [0.3, 0.4) is 0 Å². The minimum absolute atomic E-state index is 0.0879. The Morgan fingerprint density at radius 2 is 0.532 bits per heavy atom. The highest BCUT2D eigenvalue weighted by molar-refractivity contribution is 5.71. The summed E-state index contributed by atoms with van der Waals surface area (Å²) >= 11 is 0. The number of hydrogen-bond acceptors (Lipinski definition) is 6. The Morgan fingerprint density at radius 1 is 0.273 bits per heavy atom. The Labute approximate surface area is 476 Å². The van der Waals surface area contributed by atoms with Gasteiger partial charge in [0.15, 0.2) is 6.10 Å². The first-order valence-corrected chi connectivity index (χ1v) is 32.4. The van der Waals surface area contributed by atoms with Crippen molar-refractivity contribution in [2.75, 3.05) is 13.2 Å². The maximum Gasteiger partial charge on any atom is 0.306 e. The molecule has 0 N–H and O–H groups in total. The number of ether oxygens (including phenoxy) is 3. The van der Waals surface area contributed by atoms with Gasteiger partial charge in [0.05, 0.1) is 0 Å². The molecule has 0 rings (SSSR count). The molecule has 0 aliphatic carbocycles. The number of unbranched alkanes of at least 4 members (excludes halogenated alkanes) is 29. The molecule has 0 heterocycles. The number of rotatable bonds is 58. The van der Waals surface area contributed by atoms with Gasteiger partial charge in [-0.1, -0.05) is 271 Å². The van der Waals surface area contributed by atoms with Gasteiger partial charge in [-0.15, -0.1) is 0 Å². The minimum Gasteiger partial charge on any atom is -0.462 e. The van der Waals surface area contributed by atoms with Gasteiger partial charge >= 0.3 is 17.9 Å². The molecule has 0 saturated carbocycles. The highest BCUT2D eigenvalue weighted by Gasteiger charge is 2.19. The second-order valence-electron chi connectivity index (χ2n) is 21.3. The van der Waals surface area contributed by atoms with Crippen LogP contribution in [0.5, 0.6) is 0 Å². The second-order valence-corrected chi connectivity index (χ2v) is 21.3. The summed E-state index contributed by atoms with van der Waals surface area (Å²) in [4.78, 5) is 38.3. The summed E-state index contributed by atoms with van der Waals surface area (Å²) in [6.45, 7) is 6.45. The number of allylic oxidation sites excluding steroid dienone is 18. The summed E-state index contributed by atoms with van der Waals surface area (Å²) < 4.78 is 16.9. The van der Waals surface area contributed by atoms with Gasteiger partial charge in [0, 0.05) is 19.3 Å². The molecule has 0 aromatic carbocycles. The normalized spacial score (nSPS) is 12.8. The second kappa shape index (κ2) is 64.6. The number of hydrogen-bond donors (Lipinski definition) is 0. The van der Waals surface area contributed by atoms with Crippen LogP contribution in [0, 0.1) is 0 Å². The summed E-state index contributed by atoms with van der Waals surface area (Å²) in [5, 5.41) is 0. The monoisotopic (exact) mass is 1070 g/mol. The summed E-state index contributed by atoms with van der Waals surface area (Å²) in [5.41, 5.74) is 0. The van der Waals surface area contributed by atoms with Gasteiger partial charge in [0.25, 0.3) is 0 Å². The zero-order valence-electron chi connectivity index (χ0n) is 50.4. The standard InChI is InChI=1S/C71H120O6/c1-4-7-10-13-16-19-22-25-27-29-31-33-34-35-36-38-39-41-43-46-49-52-55-58-61-64-70(73)76-67-68(66-75-69(72)63-60-57-54-51-48-45-24-21-18-15-12-9-6-3)77-71(74)65-62-59-56-53-50-47-44-42-40-37-32-30-28-26-23-20-17-14-11-8-5-2/h7,10,12,15-16,19,21,23-27,30-33,35-36,68H,4-6,8-9,11,13-14,17-18,20,22,28-29,34,37-67H2,1-3H3/b10-7-,15-12-,19-16-,24-21-,26-23-,27-25-,32-30-,33-31-,36-35-. The Bertz CT molecular complexity index is 1560. The summed E-state index contributed by atoms with van der Waals surface area (Å²) in [6, 6.07) is 0. The lowest BCUT2D eigenvalue weighted by Crippen LogP contribution is -2.30. The van der Waals surface area contributed by atoms with Crippen LogP contribution < -0.4 is 0 Å². The molecule has 0 radical (unpaired) electrons. The van der Waals surface area contributed by atoms with Gasteiger partial charge in [0.1, 0.15) is 13.2 Å². The Morgan fingerprint density at radius 3 is 0.844 bits per heavy atom. The molecule has 440 valence electrons.